The van der Waals surface area contributed by atoms with Gasteiger partial charge in [0.05, 0.1) is 5.69 Å². The van der Waals surface area contributed by atoms with E-state index in [2.05, 4.69) is 15.0 Å². The Morgan fingerprint density at radius 1 is 0.737 bits per heavy atom. The molecular weight excluding hydrogens is 238 g/mol. The summed E-state index contributed by atoms with van der Waals surface area (Å²) in [7, 11) is 0. The van der Waals surface area contributed by atoms with E-state index in [1.165, 1.54) is 0 Å². The molecule has 0 amide bonds. The molecule has 0 fully saturated rings. The number of hydrogen-bond donors (Lipinski definition) is 1. The van der Waals surface area contributed by atoms with Crippen LogP contribution in [0.4, 0.5) is 0 Å². The number of nitrogens with zero attached hydrogens (tertiary/aromatic N) is 3. The summed E-state index contributed by atoms with van der Waals surface area (Å²) in [5.74, 6) is 0.745. The first-order valence-electron chi connectivity index (χ1n) is 5.87. The van der Waals surface area contributed by atoms with Gasteiger partial charge in [-0.1, -0.05) is 18.2 Å². The topological polar surface area (TPSA) is 58.9 Å². The van der Waals surface area contributed by atoms with Crippen molar-refractivity contribution in [1.29, 1.82) is 0 Å². The van der Waals surface area contributed by atoms with Crippen LogP contribution in [0.25, 0.3) is 22.8 Å². The van der Waals surface area contributed by atoms with Gasteiger partial charge in [-0.05, 0) is 30.3 Å². The van der Waals surface area contributed by atoms with Crippen LogP contribution in [0.5, 0.6) is 5.75 Å². The fourth-order valence-electron chi connectivity index (χ4n) is 1.82. The van der Waals surface area contributed by atoms with Gasteiger partial charge in [-0.2, -0.15) is 0 Å². The number of benzene rings is 1. The van der Waals surface area contributed by atoms with E-state index in [9.17, 15) is 5.11 Å². The van der Waals surface area contributed by atoms with E-state index in [1.54, 1.807) is 30.6 Å². The summed E-state index contributed by atoms with van der Waals surface area (Å²) in [5.41, 5.74) is 2.07. The molecule has 0 unspecified atom stereocenters. The third-order valence-electron chi connectivity index (χ3n) is 2.73. The number of phenols is 1. The van der Waals surface area contributed by atoms with Crippen molar-refractivity contribution >= 4 is 0 Å². The van der Waals surface area contributed by atoms with Crippen molar-refractivity contribution in [3.63, 3.8) is 0 Å². The highest BCUT2D eigenvalue weighted by molar-refractivity contribution is 5.67. The van der Waals surface area contributed by atoms with Crippen molar-refractivity contribution in [2.75, 3.05) is 0 Å². The first kappa shape index (κ1) is 11.3. The number of aromatic nitrogens is 3. The SMILES string of the molecule is Oc1ccccc1-c1ccnc(-c2ccccn2)n1. The van der Waals surface area contributed by atoms with E-state index < -0.39 is 0 Å². The molecule has 2 heterocycles. The van der Waals surface area contributed by atoms with E-state index in [4.69, 9.17) is 0 Å². The number of phenolic OH excluding ortho intramolecular Hbond substituents is 1. The monoisotopic (exact) mass is 249 g/mol. The Bertz CT molecular complexity index is 699. The van der Waals surface area contributed by atoms with Gasteiger partial charge in [0.2, 0.25) is 0 Å². The third-order valence-corrected chi connectivity index (χ3v) is 2.73. The normalized spacial score (nSPS) is 10.3. The number of hydrogen-bond acceptors (Lipinski definition) is 4. The molecule has 2 aromatic heterocycles. The van der Waals surface area contributed by atoms with Gasteiger partial charge in [0.1, 0.15) is 11.4 Å². The Balaban J connectivity index is 2.09. The smallest absolute Gasteiger partial charge is 0.178 e. The van der Waals surface area contributed by atoms with Gasteiger partial charge in [-0.15, -0.1) is 0 Å². The molecule has 0 aliphatic carbocycles. The average Bonchev–Trinajstić information content (AvgIpc) is 2.49. The van der Waals surface area contributed by atoms with Gasteiger partial charge in [-0.25, -0.2) is 9.97 Å². The van der Waals surface area contributed by atoms with Crippen molar-refractivity contribution in [2.45, 2.75) is 0 Å². The minimum Gasteiger partial charge on any atom is -0.507 e. The fraction of sp³-hybridized carbons (Fsp3) is 0. The average molecular weight is 249 g/mol. The zero-order valence-corrected chi connectivity index (χ0v) is 10.1. The molecule has 0 spiro atoms. The van der Waals surface area contributed by atoms with E-state index in [0.717, 1.165) is 0 Å². The lowest BCUT2D eigenvalue weighted by Crippen LogP contribution is -1.93. The molecule has 3 aromatic rings. The largest absolute Gasteiger partial charge is 0.507 e. The van der Waals surface area contributed by atoms with Gasteiger partial charge in [-0.3, -0.25) is 4.98 Å². The number of para-hydroxylation sites is 1. The molecular formula is C15H11N3O. The van der Waals surface area contributed by atoms with Crippen molar-refractivity contribution in [1.82, 2.24) is 15.0 Å². The van der Waals surface area contributed by atoms with E-state index in [-0.39, 0.29) is 5.75 Å². The van der Waals surface area contributed by atoms with Crippen LogP contribution in [0.3, 0.4) is 0 Å². The summed E-state index contributed by atoms with van der Waals surface area (Å²) in [6.45, 7) is 0. The van der Waals surface area contributed by atoms with E-state index >= 15 is 0 Å². The lowest BCUT2D eigenvalue weighted by atomic mass is 10.1. The Hall–Kier alpha value is -2.75. The highest BCUT2D eigenvalue weighted by Crippen LogP contribution is 2.27. The second-order valence-electron chi connectivity index (χ2n) is 4.00. The Morgan fingerprint density at radius 3 is 2.37 bits per heavy atom. The number of rotatable bonds is 2. The zero-order valence-electron chi connectivity index (χ0n) is 10.1. The molecule has 3 rings (SSSR count). The van der Waals surface area contributed by atoms with Gasteiger partial charge in [0.25, 0.3) is 0 Å². The van der Waals surface area contributed by atoms with Crippen molar-refractivity contribution in [3.05, 3.63) is 60.9 Å². The Labute approximate surface area is 110 Å². The first-order valence-corrected chi connectivity index (χ1v) is 5.87. The van der Waals surface area contributed by atoms with E-state index in [0.29, 0.717) is 22.8 Å². The molecule has 19 heavy (non-hydrogen) atoms. The van der Waals surface area contributed by atoms with Crippen LogP contribution in [0, 0.1) is 0 Å². The van der Waals surface area contributed by atoms with E-state index in [1.807, 2.05) is 30.3 Å². The van der Waals surface area contributed by atoms with Gasteiger partial charge < -0.3 is 5.11 Å². The molecule has 0 saturated heterocycles. The molecule has 4 heteroatoms. The second-order valence-corrected chi connectivity index (χ2v) is 4.00. The summed E-state index contributed by atoms with van der Waals surface area (Å²) < 4.78 is 0. The molecule has 0 atom stereocenters. The predicted molar refractivity (Wildman–Crippen MR) is 72.4 cm³/mol. The molecule has 4 nitrogen and oxygen atoms in total. The highest BCUT2D eigenvalue weighted by atomic mass is 16.3. The second kappa shape index (κ2) is 4.86. The first-order chi connectivity index (χ1) is 9.34. The third kappa shape index (κ3) is 2.28. The van der Waals surface area contributed by atoms with Crippen LogP contribution in [0.2, 0.25) is 0 Å². The molecule has 0 radical (unpaired) electrons. The maximum atomic E-state index is 9.85. The lowest BCUT2D eigenvalue weighted by Gasteiger charge is -2.05. The zero-order chi connectivity index (χ0) is 13.1. The van der Waals surface area contributed by atoms with Crippen LogP contribution >= 0.6 is 0 Å². The molecule has 0 saturated carbocycles. The fourth-order valence-corrected chi connectivity index (χ4v) is 1.82. The molecule has 1 N–H and O–H groups in total. The molecule has 0 bridgehead atoms. The Kier molecular flexibility index (Phi) is 2.90. The summed E-state index contributed by atoms with van der Waals surface area (Å²) in [5, 5.41) is 9.85. The maximum Gasteiger partial charge on any atom is 0.178 e. The van der Waals surface area contributed by atoms with Gasteiger partial charge >= 0.3 is 0 Å². The van der Waals surface area contributed by atoms with Crippen molar-refractivity contribution in [2.24, 2.45) is 0 Å². The van der Waals surface area contributed by atoms with Crippen LogP contribution in [0.1, 0.15) is 0 Å². The Morgan fingerprint density at radius 2 is 1.58 bits per heavy atom. The predicted octanol–water partition coefficient (Wildman–Crippen LogP) is 2.91. The number of pyridine rings is 1. The highest BCUT2D eigenvalue weighted by Gasteiger charge is 2.07. The molecule has 1 aromatic carbocycles. The molecule has 92 valence electrons. The minimum absolute atomic E-state index is 0.202. The van der Waals surface area contributed by atoms with Crippen LogP contribution in [-0.2, 0) is 0 Å². The lowest BCUT2D eigenvalue weighted by molar-refractivity contribution is 0.477. The van der Waals surface area contributed by atoms with Crippen LogP contribution in [0.15, 0.2) is 60.9 Å². The summed E-state index contributed by atoms with van der Waals surface area (Å²) in [4.78, 5) is 12.9. The molecule has 0 aliphatic heterocycles. The van der Waals surface area contributed by atoms with Crippen LogP contribution < -0.4 is 0 Å². The quantitative estimate of drug-likeness (QED) is 0.758. The summed E-state index contributed by atoms with van der Waals surface area (Å²) in [6, 6.07) is 14.4. The summed E-state index contributed by atoms with van der Waals surface area (Å²) >= 11 is 0. The van der Waals surface area contributed by atoms with Crippen LogP contribution in [-0.4, -0.2) is 20.1 Å². The summed E-state index contributed by atoms with van der Waals surface area (Å²) in [6.07, 6.45) is 3.37. The molecule has 0 aliphatic rings. The maximum absolute atomic E-state index is 9.85. The van der Waals surface area contributed by atoms with Crippen molar-refractivity contribution in [3.8, 4) is 28.5 Å². The van der Waals surface area contributed by atoms with Gasteiger partial charge in [0, 0.05) is 18.0 Å². The van der Waals surface area contributed by atoms with Crippen molar-refractivity contribution < 1.29 is 5.11 Å². The standard InChI is InChI=1S/C15H11N3O/c19-14-7-2-1-5-11(14)12-8-10-17-15(18-12)13-6-3-4-9-16-13/h1-10,19H. The van der Waals surface area contributed by atoms with Gasteiger partial charge in [0.15, 0.2) is 5.82 Å². The minimum atomic E-state index is 0.202. The number of aromatic hydroxyl groups is 1.